The van der Waals surface area contributed by atoms with Gasteiger partial charge in [-0.2, -0.15) is 0 Å². The average Bonchev–Trinajstić information content (AvgIpc) is 2.73. The van der Waals surface area contributed by atoms with E-state index in [0.717, 1.165) is 15.6 Å². The Morgan fingerprint density at radius 2 is 1.57 bits per heavy atom. The van der Waals surface area contributed by atoms with Crippen LogP contribution >= 0.6 is 15.9 Å². The van der Waals surface area contributed by atoms with Gasteiger partial charge in [0.25, 0.3) is 5.91 Å². The number of ether oxygens (including phenoxy) is 1. The van der Waals surface area contributed by atoms with E-state index in [1.165, 1.54) is 0 Å². The zero-order chi connectivity index (χ0) is 21.5. The van der Waals surface area contributed by atoms with Crippen molar-refractivity contribution in [1.29, 1.82) is 0 Å². The monoisotopic (exact) mass is 466 g/mol. The lowest BCUT2D eigenvalue weighted by Crippen LogP contribution is -2.21. The van der Waals surface area contributed by atoms with Crippen LogP contribution in [0.5, 0.6) is 5.75 Å². The number of carbonyl (C=O) groups is 2. The first kappa shape index (κ1) is 21.6. The summed E-state index contributed by atoms with van der Waals surface area (Å²) in [6.07, 6.45) is 0. The zero-order valence-electron chi connectivity index (χ0n) is 16.8. The Hall–Kier alpha value is -3.12. The summed E-state index contributed by atoms with van der Waals surface area (Å²) in [5, 5.41) is 5.59. The lowest BCUT2D eigenvalue weighted by molar-refractivity contribution is -0.119. The van der Waals surface area contributed by atoms with E-state index < -0.39 is 0 Å². The fourth-order valence-electron chi connectivity index (χ4n) is 2.73. The highest BCUT2D eigenvalue weighted by molar-refractivity contribution is 9.10. The maximum absolute atomic E-state index is 12.3. The van der Waals surface area contributed by atoms with Crippen molar-refractivity contribution in [2.24, 2.45) is 5.92 Å². The first-order valence-electron chi connectivity index (χ1n) is 9.61. The Morgan fingerprint density at radius 3 is 2.23 bits per heavy atom. The van der Waals surface area contributed by atoms with Crippen LogP contribution in [0.2, 0.25) is 0 Å². The number of amides is 2. The molecular weight excluding hydrogens is 444 g/mol. The van der Waals surface area contributed by atoms with Gasteiger partial charge in [0.2, 0.25) is 5.91 Å². The molecule has 3 aromatic carbocycles. The van der Waals surface area contributed by atoms with Crippen LogP contribution in [-0.4, -0.2) is 18.4 Å². The van der Waals surface area contributed by atoms with Gasteiger partial charge in [-0.3, -0.25) is 9.59 Å². The Bertz CT molecular complexity index is 1040. The van der Waals surface area contributed by atoms with Crippen molar-refractivity contribution in [3.05, 3.63) is 77.3 Å². The van der Waals surface area contributed by atoms with Gasteiger partial charge in [0.05, 0.1) is 4.47 Å². The van der Waals surface area contributed by atoms with Gasteiger partial charge in [-0.05, 0) is 57.4 Å². The molecule has 2 amide bonds. The van der Waals surface area contributed by atoms with Crippen LogP contribution < -0.4 is 15.4 Å². The number of hydrogen-bond donors (Lipinski definition) is 2. The summed E-state index contributed by atoms with van der Waals surface area (Å²) in [6, 6.07) is 22.8. The standard InChI is InChI=1S/C24H23BrN2O3/c1-16(2)24(29)27-20-10-6-9-19(14-20)26-23(28)15-30-22-12-11-18(13-21(22)25)17-7-4-3-5-8-17/h3-14,16H,15H2,1-2H3,(H,26,28)(H,27,29). The van der Waals surface area contributed by atoms with Gasteiger partial charge in [-0.25, -0.2) is 0 Å². The van der Waals surface area contributed by atoms with Gasteiger partial charge in [-0.1, -0.05) is 56.3 Å². The van der Waals surface area contributed by atoms with E-state index in [-0.39, 0.29) is 24.3 Å². The van der Waals surface area contributed by atoms with Crippen molar-refractivity contribution in [2.75, 3.05) is 17.2 Å². The summed E-state index contributed by atoms with van der Waals surface area (Å²) in [5.41, 5.74) is 3.38. The molecule has 0 aromatic heterocycles. The first-order chi connectivity index (χ1) is 14.4. The average molecular weight is 467 g/mol. The highest BCUT2D eigenvalue weighted by Gasteiger charge is 2.10. The van der Waals surface area contributed by atoms with E-state index >= 15 is 0 Å². The second-order valence-corrected chi connectivity index (χ2v) is 7.93. The molecule has 0 unspecified atom stereocenters. The molecule has 0 heterocycles. The van der Waals surface area contributed by atoms with Gasteiger partial charge >= 0.3 is 0 Å². The number of halogens is 1. The molecule has 0 aliphatic rings. The van der Waals surface area contributed by atoms with Gasteiger partial charge < -0.3 is 15.4 Å². The lowest BCUT2D eigenvalue weighted by atomic mass is 10.1. The molecule has 0 radical (unpaired) electrons. The highest BCUT2D eigenvalue weighted by atomic mass is 79.9. The topological polar surface area (TPSA) is 67.4 Å². The minimum Gasteiger partial charge on any atom is -0.483 e. The molecule has 5 nitrogen and oxygen atoms in total. The molecule has 3 aromatic rings. The van der Waals surface area contributed by atoms with Crippen LogP contribution in [0.15, 0.2) is 77.3 Å². The maximum atomic E-state index is 12.3. The smallest absolute Gasteiger partial charge is 0.262 e. The number of carbonyl (C=O) groups excluding carboxylic acids is 2. The molecule has 0 aliphatic carbocycles. The van der Waals surface area contributed by atoms with Gasteiger partial charge in [0.1, 0.15) is 5.75 Å². The Labute approximate surface area is 184 Å². The second-order valence-electron chi connectivity index (χ2n) is 7.07. The van der Waals surface area contributed by atoms with E-state index in [9.17, 15) is 9.59 Å². The quantitative estimate of drug-likeness (QED) is 0.467. The van der Waals surface area contributed by atoms with Crippen molar-refractivity contribution in [3.8, 4) is 16.9 Å². The van der Waals surface area contributed by atoms with E-state index in [4.69, 9.17) is 4.74 Å². The fourth-order valence-corrected chi connectivity index (χ4v) is 3.22. The lowest BCUT2D eigenvalue weighted by Gasteiger charge is -2.12. The predicted molar refractivity (Wildman–Crippen MR) is 124 cm³/mol. The number of hydrogen-bond acceptors (Lipinski definition) is 3. The number of anilines is 2. The minimum atomic E-state index is -0.290. The van der Waals surface area contributed by atoms with Crippen molar-refractivity contribution in [3.63, 3.8) is 0 Å². The summed E-state index contributed by atoms with van der Waals surface area (Å²) in [6.45, 7) is 3.51. The van der Waals surface area contributed by atoms with Crippen molar-refractivity contribution < 1.29 is 14.3 Å². The molecule has 3 rings (SSSR count). The molecule has 0 spiro atoms. The number of rotatable bonds is 7. The number of nitrogens with one attached hydrogen (secondary N) is 2. The third kappa shape index (κ3) is 5.94. The van der Waals surface area contributed by atoms with Crippen molar-refractivity contribution in [1.82, 2.24) is 0 Å². The molecule has 2 N–H and O–H groups in total. The zero-order valence-corrected chi connectivity index (χ0v) is 18.4. The molecule has 30 heavy (non-hydrogen) atoms. The van der Waals surface area contributed by atoms with Crippen molar-refractivity contribution >= 4 is 39.1 Å². The summed E-state index contributed by atoms with van der Waals surface area (Å²) in [4.78, 5) is 24.1. The van der Waals surface area contributed by atoms with Gasteiger partial charge in [-0.15, -0.1) is 0 Å². The van der Waals surface area contributed by atoms with Crippen molar-refractivity contribution in [2.45, 2.75) is 13.8 Å². The SMILES string of the molecule is CC(C)C(=O)Nc1cccc(NC(=O)COc2ccc(-c3ccccc3)cc2Br)c1. The second kappa shape index (κ2) is 10.1. The first-order valence-corrected chi connectivity index (χ1v) is 10.4. The van der Waals surface area contributed by atoms with E-state index in [1.807, 2.05) is 62.4 Å². The van der Waals surface area contributed by atoms with Crippen LogP contribution in [0.25, 0.3) is 11.1 Å². The predicted octanol–water partition coefficient (Wildman–Crippen LogP) is 5.73. The van der Waals surface area contributed by atoms with Crippen LogP contribution in [0, 0.1) is 5.92 Å². The van der Waals surface area contributed by atoms with E-state index in [0.29, 0.717) is 17.1 Å². The van der Waals surface area contributed by atoms with Crippen LogP contribution in [-0.2, 0) is 9.59 Å². The molecule has 0 saturated heterocycles. The summed E-state index contributed by atoms with van der Waals surface area (Å²) in [5.74, 6) is 0.0955. The molecule has 0 saturated carbocycles. The van der Waals surface area contributed by atoms with E-state index in [1.54, 1.807) is 24.3 Å². The summed E-state index contributed by atoms with van der Waals surface area (Å²) >= 11 is 3.51. The third-order valence-electron chi connectivity index (χ3n) is 4.34. The normalized spacial score (nSPS) is 10.5. The molecular formula is C24H23BrN2O3. The maximum Gasteiger partial charge on any atom is 0.262 e. The Balaban J connectivity index is 1.58. The summed E-state index contributed by atoms with van der Waals surface area (Å²) < 4.78 is 6.43. The van der Waals surface area contributed by atoms with E-state index in [2.05, 4.69) is 26.6 Å². The van der Waals surface area contributed by atoms with Crippen LogP contribution in [0.3, 0.4) is 0 Å². The van der Waals surface area contributed by atoms with Crippen LogP contribution in [0.1, 0.15) is 13.8 Å². The van der Waals surface area contributed by atoms with Gasteiger partial charge in [0.15, 0.2) is 6.61 Å². The molecule has 0 bridgehead atoms. The molecule has 154 valence electrons. The van der Waals surface area contributed by atoms with Crippen LogP contribution in [0.4, 0.5) is 11.4 Å². The summed E-state index contributed by atoms with van der Waals surface area (Å²) in [7, 11) is 0. The molecule has 0 aliphatic heterocycles. The Kier molecular flexibility index (Phi) is 7.25. The highest BCUT2D eigenvalue weighted by Crippen LogP contribution is 2.30. The molecule has 6 heteroatoms. The van der Waals surface area contributed by atoms with Gasteiger partial charge in [0, 0.05) is 17.3 Å². The minimum absolute atomic E-state index is 0.0781. The number of benzene rings is 3. The third-order valence-corrected chi connectivity index (χ3v) is 4.96. The molecule has 0 fully saturated rings. The fraction of sp³-hybridized carbons (Fsp3) is 0.167. The molecule has 0 atom stereocenters. The largest absolute Gasteiger partial charge is 0.483 e. The Morgan fingerprint density at radius 1 is 0.867 bits per heavy atom.